The minimum atomic E-state index is 0.151. The van der Waals surface area contributed by atoms with E-state index in [4.69, 9.17) is 4.74 Å². The van der Waals surface area contributed by atoms with Crippen LogP contribution in [0.1, 0.15) is 19.4 Å². The molecule has 21 heavy (non-hydrogen) atoms. The number of fused-ring (bicyclic) bond motifs is 1. The molecular weight excluding hydrogens is 266 g/mol. The first-order chi connectivity index (χ1) is 10.2. The lowest BCUT2D eigenvalue weighted by Crippen LogP contribution is -2.10. The molecule has 0 unspecified atom stereocenters. The maximum Gasteiger partial charge on any atom is 0.177 e. The highest BCUT2D eigenvalue weighted by atomic mass is 16.5. The minimum absolute atomic E-state index is 0.151. The van der Waals surface area contributed by atoms with E-state index >= 15 is 0 Å². The van der Waals surface area contributed by atoms with Gasteiger partial charge in [-0.1, -0.05) is 18.2 Å². The number of anilines is 1. The molecule has 3 aromatic rings. The second-order valence-corrected chi connectivity index (χ2v) is 4.98. The van der Waals surface area contributed by atoms with Crippen LogP contribution < -0.4 is 10.1 Å². The van der Waals surface area contributed by atoms with Gasteiger partial charge in [-0.2, -0.15) is 4.52 Å². The zero-order chi connectivity index (χ0) is 14.7. The van der Waals surface area contributed by atoms with Crippen LogP contribution >= 0.6 is 0 Å². The first-order valence-electron chi connectivity index (χ1n) is 6.88. The van der Waals surface area contributed by atoms with Crippen molar-refractivity contribution in [2.75, 3.05) is 5.32 Å². The van der Waals surface area contributed by atoms with Crippen molar-refractivity contribution in [2.45, 2.75) is 26.5 Å². The lowest BCUT2D eigenvalue weighted by Gasteiger charge is -2.14. The van der Waals surface area contributed by atoms with Gasteiger partial charge >= 0.3 is 0 Å². The Bertz CT molecular complexity index is 738. The highest BCUT2D eigenvalue weighted by molar-refractivity contribution is 5.44. The average Bonchev–Trinajstić information content (AvgIpc) is 2.93. The lowest BCUT2D eigenvalue weighted by atomic mass is 10.2. The monoisotopic (exact) mass is 283 g/mol. The number of nitrogens with zero attached hydrogens (tertiary/aromatic N) is 4. The van der Waals surface area contributed by atoms with Crippen molar-refractivity contribution >= 4 is 11.5 Å². The molecule has 0 atom stereocenters. The van der Waals surface area contributed by atoms with Gasteiger partial charge < -0.3 is 10.1 Å². The molecule has 0 amide bonds. The van der Waals surface area contributed by atoms with E-state index in [9.17, 15) is 0 Å². The molecule has 0 radical (unpaired) electrons. The van der Waals surface area contributed by atoms with Gasteiger partial charge in [0.25, 0.3) is 0 Å². The summed E-state index contributed by atoms with van der Waals surface area (Å²) in [5.74, 6) is 1.66. The largest absolute Gasteiger partial charge is 0.491 e. The number of benzene rings is 1. The van der Waals surface area contributed by atoms with Gasteiger partial charge in [-0.05, 0) is 32.0 Å². The molecule has 0 fully saturated rings. The smallest absolute Gasteiger partial charge is 0.177 e. The van der Waals surface area contributed by atoms with Crippen LogP contribution in [-0.4, -0.2) is 25.9 Å². The Balaban J connectivity index is 1.74. The summed E-state index contributed by atoms with van der Waals surface area (Å²) in [5, 5.41) is 15.4. The summed E-state index contributed by atoms with van der Waals surface area (Å²) < 4.78 is 7.44. The van der Waals surface area contributed by atoms with Gasteiger partial charge in [0.05, 0.1) is 6.10 Å². The van der Waals surface area contributed by atoms with Crippen LogP contribution in [0.4, 0.5) is 5.82 Å². The van der Waals surface area contributed by atoms with Crippen molar-refractivity contribution in [2.24, 2.45) is 0 Å². The molecule has 0 aliphatic heterocycles. The molecule has 0 spiro atoms. The van der Waals surface area contributed by atoms with E-state index in [1.165, 1.54) is 0 Å². The Morgan fingerprint density at radius 3 is 2.90 bits per heavy atom. The van der Waals surface area contributed by atoms with E-state index < -0.39 is 0 Å². The van der Waals surface area contributed by atoms with E-state index in [1.54, 1.807) is 10.8 Å². The van der Waals surface area contributed by atoms with Crippen LogP contribution in [0.3, 0.4) is 0 Å². The minimum Gasteiger partial charge on any atom is -0.491 e. The maximum atomic E-state index is 5.81. The Morgan fingerprint density at radius 2 is 2.05 bits per heavy atom. The Kier molecular flexibility index (Phi) is 3.68. The van der Waals surface area contributed by atoms with Gasteiger partial charge in [-0.3, -0.25) is 0 Å². The van der Waals surface area contributed by atoms with Crippen molar-refractivity contribution in [1.29, 1.82) is 0 Å². The second-order valence-electron chi connectivity index (χ2n) is 4.98. The van der Waals surface area contributed by atoms with Gasteiger partial charge in [0.1, 0.15) is 17.9 Å². The third kappa shape index (κ3) is 3.10. The van der Waals surface area contributed by atoms with Crippen LogP contribution in [0.2, 0.25) is 0 Å². The number of nitrogens with one attached hydrogen (secondary N) is 1. The average molecular weight is 283 g/mol. The fraction of sp³-hybridized carbons (Fsp3) is 0.267. The molecule has 0 aliphatic carbocycles. The van der Waals surface area contributed by atoms with Gasteiger partial charge in [-0.25, -0.2) is 0 Å². The van der Waals surface area contributed by atoms with Crippen LogP contribution in [0, 0.1) is 0 Å². The van der Waals surface area contributed by atoms with Crippen molar-refractivity contribution in [3.63, 3.8) is 0 Å². The van der Waals surface area contributed by atoms with Gasteiger partial charge in [0.15, 0.2) is 5.65 Å². The number of aromatic nitrogens is 4. The van der Waals surface area contributed by atoms with Crippen molar-refractivity contribution in [3.8, 4) is 5.75 Å². The molecule has 2 aromatic heterocycles. The van der Waals surface area contributed by atoms with E-state index in [0.29, 0.717) is 6.54 Å². The van der Waals surface area contributed by atoms with Crippen molar-refractivity contribution < 1.29 is 4.74 Å². The van der Waals surface area contributed by atoms with Crippen LogP contribution in [0.15, 0.2) is 42.7 Å². The summed E-state index contributed by atoms with van der Waals surface area (Å²) in [6.07, 6.45) is 1.73. The first kappa shape index (κ1) is 13.4. The number of hydrogen-bond donors (Lipinski definition) is 1. The zero-order valence-corrected chi connectivity index (χ0v) is 12.0. The molecular formula is C15H17N5O. The Hall–Kier alpha value is -2.63. The molecule has 3 rings (SSSR count). The summed E-state index contributed by atoms with van der Waals surface area (Å²) in [7, 11) is 0. The van der Waals surface area contributed by atoms with E-state index in [2.05, 4.69) is 20.6 Å². The fourth-order valence-corrected chi connectivity index (χ4v) is 2.03. The predicted molar refractivity (Wildman–Crippen MR) is 80.3 cm³/mol. The molecule has 0 saturated carbocycles. The topological polar surface area (TPSA) is 64.3 Å². The molecule has 1 N–H and O–H groups in total. The normalized spacial score (nSPS) is 11.0. The van der Waals surface area contributed by atoms with Crippen LogP contribution in [-0.2, 0) is 6.54 Å². The first-order valence-corrected chi connectivity index (χ1v) is 6.88. The molecule has 0 bridgehead atoms. The van der Waals surface area contributed by atoms with Gasteiger partial charge in [-0.15, -0.1) is 15.3 Å². The number of para-hydroxylation sites is 1. The zero-order valence-electron chi connectivity index (χ0n) is 12.0. The van der Waals surface area contributed by atoms with Crippen molar-refractivity contribution in [1.82, 2.24) is 19.8 Å². The standard InChI is InChI=1S/C15H17N5O/c1-11(2)21-13-6-4-3-5-12(13)9-16-14-7-8-15-18-17-10-20(15)19-14/h3-8,10-11H,9H2,1-2H3,(H,16,19). The van der Waals surface area contributed by atoms with Crippen LogP contribution in [0.5, 0.6) is 5.75 Å². The summed E-state index contributed by atoms with van der Waals surface area (Å²) in [5.41, 5.74) is 1.82. The molecule has 6 heteroatoms. The van der Waals surface area contributed by atoms with E-state index in [1.807, 2.05) is 50.2 Å². The van der Waals surface area contributed by atoms with Crippen molar-refractivity contribution in [3.05, 3.63) is 48.3 Å². The molecule has 0 aliphatic rings. The third-order valence-corrected chi connectivity index (χ3v) is 2.96. The summed E-state index contributed by atoms with van der Waals surface area (Å²) in [6, 6.07) is 11.8. The molecule has 1 aromatic carbocycles. The quantitative estimate of drug-likeness (QED) is 0.779. The Labute approximate surface area is 122 Å². The SMILES string of the molecule is CC(C)Oc1ccccc1CNc1ccc2nncn2n1. The number of ether oxygens (including phenoxy) is 1. The number of hydrogen-bond acceptors (Lipinski definition) is 5. The van der Waals surface area contributed by atoms with E-state index in [0.717, 1.165) is 22.8 Å². The third-order valence-electron chi connectivity index (χ3n) is 2.96. The van der Waals surface area contributed by atoms with Gasteiger partial charge in [0.2, 0.25) is 0 Å². The van der Waals surface area contributed by atoms with Crippen LogP contribution in [0.25, 0.3) is 5.65 Å². The maximum absolute atomic E-state index is 5.81. The highest BCUT2D eigenvalue weighted by Gasteiger charge is 2.05. The summed E-state index contributed by atoms with van der Waals surface area (Å²) >= 11 is 0. The molecule has 0 saturated heterocycles. The summed E-state index contributed by atoms with van der Waals surface area (Å²) in [4.78, 5) is 0. The summed E-state index contributed by atoms with van der Waals surface area (Å²) in [6.45, 7) is 4.68. The molecule has 6 nitrogen and oxygen atoms in total. The highest BCUT2D eigenvalue weighted by Crippen LogP contribution is 2.20. The van der Waals surface area contributed by atoms with E-state index in [-0.39, 0.29) is 6.10 Å². The fourth-order valence-electron chi connectivity index (χ4n) is 2.03. The Morgan fingerprint density at radius 1 is 1.19 bits per heavy atom. The molecule has 108 valence electrons. The second kappa shape index (κ2) is 5.78. The number of rotatable bonds is 5. The predicted octanol–water partition coefficient (Wildman–Crippen LogP) is 2.52. The van der Waals surface area contributed by atoms with Gasteiger partial charge in [0, 0.05) is 12.1 Å². The lowest BCUT2D eigenvalue weighted by molar-refractivity contribution is 0.240. The molecule has 2 heterocycles.